The molecule has 0 unspecified atom stereocenters. The minimum absolute atomic E-state index is 0.0960. The third kappa shape index (κ3) is 7.48. The molecule has 0 bridgehead atoms. The zero-order valence-electron chi connectivity index (χ0n) is 11.1. The molecule has 0 radical (unpaired) electrons. The van der Waals surface area contributed by atoms with E-state index in [1.54, 1.807) is 27.7 Å². The summed E-state index contributed by atoms with van der Waals surface area (Å²) in [4.78, 5) is 33.4. The van der Waals surface area contributed by atoms with Gasteiger partial charge in [-0.2, -0.15) is 0 Å². The molecule has 0 fully saturated rings. The van der Waals surface area contributed by atoms with E-state index in [0.717, 1.165) is 5.01 Å². The fourth-order valence-corrected chi connectivity index (χ4v) is 1.05. The van der Waals surface area contributed by atoms with E-state index >= 15 is 0 Å². The van der Waals surface area contributed by atoms with Crippen molar-refractivity contribution in [2.75, 3.05) is 6.54 Å². The number of hydrazine groups is 1. The van der Waals surface area contributed by atoms with E-state index < -0.39 is 17.7 Å². The number of rotatable bonds is 4. The number of amides is 2. The van der Waals surface area contributed by atoms with Gasteiger partial charge in [0.2, 0.25) is 5.91 Å². The maximum Gasteiger partial charge on any atom is 0.426 e. The predicted molar refractivity (Wildman–Crippen MR) is 63.6 cm³/mol. The van der Waals surface area contributed by atoms with Crippen molar-refractivity contribution >= 4 is 18.0 Å². The Morgan fingerprint density at radius 2 is 1.83 bits per heavy atom. The third-order valence-corrected chi connectivity index (χ3v) is 1.78. The van der Waals surface area contributed by atoms with Crippen LogP contribution in [0.15, 0.2) is 0 Å². The van der Waals surface area contributed by atoms with Gasteiger partial charge in [-0.1, -0.05) is 6.92 Å². The molecule has 0 atom stereocenters. The Morgan fingerprint density at radius 1 is 1.28 bits per heavy atom. The van der Waals surface area contributed by atoms with Gasteiger partial charge in [0, 0.05) is 6.42 Å². The molecule has 18 heavy (non-hydrogen) atoms. The van der Waals surface area contributed by atoms with Gasteiger partial charge in [-0.25, -0.2) is 10.2 Å². The van der Waals surface area contributed by atoms with Crippen molar-refractivity contribution in [2.45, 2.75) is 46.1 Å². The van der Waals surface area contributed by atoms with Crippen LogP contribution in [0.4, 0.5) is 4.79 Å². The lowest BCUT2D eigenvalue weighted by atomic mass is 10.2. The molecule has 0 saturated heterocycles. The first-order chi connectivity index (χ1) is 8.15. The van der Waals surface area contributed by atoms with Gasteiger partial charge in [-0.3, -0.25) is 14.6 Å². The molecule has 2 N–H and O–H groups in total. The molecule has 2 amide bonds. The highest BCUT2D eigenvalue weighted by molar-refractivity contribution is 5.79. The summed E-state index contributed by atoms with van der Waals surface area (Å²) in [7, 11) is 0. The van der Waals surface area contributed by atoms with Crippen LogP contribution >= 0.6 is 0 Å². The van der Waals surface area contributed by atoms with Crippen molar-refractivity contribution < 1.29 is 24.2 Å². The maximum atomic E-state index is 11.5. The van der Waals surface area contributed by atoms with Crippen molar-refractivity contribution in [3.05, 3.63) is 0 Å². The molecular formula is C11H20N2O5. The average molecular weight is 260 g/mol. The average Bonchev–Trinajstić information content (AvgIpc) is 2.20. The normalized spacial score (nSPS) is 10.7. The Morgan fingerprint density at radius 3 is 2.22 bits per heavy atom. The van der Waals surface area contributed by atoms with Crippen LogP contribution in [-0.4, -0.2) is 40.2 Å². The van der Waals surface area contributed by atoms with Crippen LogP contribution in [0, 0.1) is 0 Å². The summed E-state index contributed by atoms with van der Waals surface area (Å²) in [6, 6.07) is 0. The van der Waals surface area contributed by atoms with Crippen LogP contribution < -0.4 is 5.43 Å². The standard InChI is InChI=1S/C11H20N2O5/c1-5-8(14)13(7-6-9(15)16)12-10(17)18-11(2,3)4/h5-7H2,1-4H3,(H,12,17)(H,15,16). The Balaban J connectivity index is 4.45. The molecule has 0 aromatic heterocycles. The van der Waals surface area contributed by atoms with Crippen molar-refractivity contribution in [1.29, 1.82) is 0 Å². The number of hydrogen-bond acceptors (Lipinski definition) is 4. The topological polar surface area (TPSA) is 95.9 Å². The van der Waals surface area contributed by atoms with Gasteiger partial charge in [0.15, 0.2) is 0 Å². The number of carboxylic acid groups (broad SMARTS) is 1. The Labute approximate surface area is 106 Å². The summed E-state index contributed by atoms with van der Waals surface area (Å²) in [5.41, 5.74) is 1.56. The Bertz CT molecular complexity index is 322. The summed E-state index contributed by atoms with van der Waals surface area (Å²) >= 11 is 0. The SMILES string of the molecule is CCC(=O)N(CCC(=O)O)NC(=O)OC(C)(C)C. The highest BCUT2D eigenvalue weighted by Crippen LogP contribution is 2.07. The van der Waals surface area contributed by atoms with Gasteiger partial charge in [-0.05, 0) is 20.8 Å². The van der Waals surface area contributed by atoms with Crippen molar-refractivity contribution in [3.63, 3.8) is 0 Å². The van der Waals surface area contributed by atoms with E-state index in [2.05, 4.69) is 5.43 Å². The molecule has 0 aliphatic carbocycles. The number of ether oxygens (including phenoxy) is 1. The van der Waals surface area contributed by atoms with Gasteiger partial charge in [0.05, 0.1) is 13.0 Å². The molecule has 0 aromatic carbocycles. The predicted octanol–water partition coefficient (Wildman–Crippen LogP) is 1.14. The molecule has 104 valence electrons. The van der Waals surface area contributed by atoms with Gasteiger partial charge in [0.25, 0.3) is 0 Å². The molecule has 0 aliphatic rings. The first-order valence-electron chi connectivity index (χ1n) is 5.67. The zero-order valence-corrected chi connectivity index (χ0v) is 11.1. The van der Waals surface area contributed by atoms with Crippen molar-refractivity contribution in [3.8, 4) is 0 Å². The van der Waals surface area contributed by atoms with Gasteiger partial charge in [0.1, 0.15) is 5.60 Å². The highest BCUT2D eigenvalue weighted by Gasteiger charge is 2.20. The first kappa shape index (κ1) is 16.2. The van der Waals surface area contributed by atoms with E-state index in [-0.39, 0.29) is 25.3 Å². The third-order valence-electron chi connectivity index (χ3n) is 1.78. The summed E-state index contributed by atoms with van der Waals surface area (Å²) in [6.45, 7) is 6.59. The van der Waals surface area contributed by atoms with Crippen molar-refractivity contribution in [1.82, 2.24) is 10.4 Å². The fraction of sp³-hybridized carbons (Fsp3) is 0.727. The van der Waals surface area contributed by atoms with E-state index in [9.17, 15) is 14.4 Å². The maximum absolute atomic E-state index is 11.5. The Kier molecular flexibility index (Phi) is 6.15. The number of nitrogens with zero attached hydrogens (tertiary/aromatic N) is 1. The van der Waals surface area contributed by atoms with Crippen LogP contribution in [0.25, 0.3) is 0 Å². The first-order valence-corrected chi connectivity index (χ1v) is 5.67. The van der Waals surface area contributed by atoms with Crippen LogP contribution in [-0.2, 0) is 14.3 Å². The molecule has 0 aliphatic heterocycles. The smallest absolute Gasteiger partial charge is 0.426 e. The van der Waals surface area contributed by atoms with E-state index in [1.165, 1.54) is 0 Å². The molecule has 0 rings (SSSR count). The number of aliphatic carboxylic acids is 1. The second kappa shape index (κ2) is 6.83. The molecular weight excluding hydrogens is 240 g/mol. The van der Waals surface area contributed by atoms with Crippen molar-refractivity contribution in [2.24, 2.45) is 0 Å². The second-order valence-electron chi connectivity index (χ2n) is 4.66. The number of hydrogen-bond donors (Lipinski definition) is 2. The lowest BCUT2D eigenvalue weighted by Crippen LogP contribution is -2.48. The zero-order chi connectivity index (χ0) is 14.3. The lowest BCUT2D eigenvalue weighted by Gasteiger charge is -2.25. The number of carboxylic acids is 1. The fourth-order valence-electron chi connectivity index (χ4n) is 1.05. The number of carbonyl (C=O) groups is 3. The van der Waals surface area contributed by atoms with Crippen LogP contribution in [0.1, 0.15) is 40.5 Å². The summed E-state index contributed by atoms with van der Waals surface area (Å²) < 4.78 is 4.98. The van der Waals surface area contributed by atoms with Crippen LogP contribution in [0.3, 0.4) is 0 Å². The quantitative estimate of drug-likeness (QED) is 0.739. The largest absolute Gasteiger partial charge is 0.481 e. The Hall–Kier alpha value is -1.79. The van der Waals surface area contributed by atoms with Gasteiger partial charge < -0.3 is 9.84 Å². The van der Waals surface area contributed by atoms with E-state index in [4.69, 9.17) is 9.84 Å². The summed E-state index contributed by atoms with van der Waals surface area (Å²) in [6.07, 6.45) is -0.869. The van der Waals surface area contributed by atoms with Gasteiger partial charge >= 0.3 is 12.1 Å². The monoisotopic (exact) mass is 260 g/mol. The van der Waals surface area contributed by atoms with Crippen LogP contribution in [0.2, 0.25) is 0 Å². The molecule has 0 aromatic rings. The van der Waals surface area contributed by atoms with Gasteiger partial charge in [-0.15, -0.1) is 0 Å². The summed E-state index contributed by atoms with van der Waals surface area (Å²) in [5, 5.41) is 9.52. The van der Waals surface area contributed by atoms with Crippen LogP contribution in [0.5, 0.6) is 0 Å². The molecule has 0 spiro atoms. The summed E-state index contributed by atoms with van der Waals surface area (Å²) in [5.74, 6) is -1.42. The lowest BCUT2D eigenvalue weighted by molar-refractivity contribution is -0.139. The number of carbonyl (C=O) groups excluding carboxylic acids is 2. The van der Waals surface area contributed by atoms with E-state index in [1.807, 2.05) is 0 Å². The molecule has 0 saturated carbocycles. The molecule has 7 heteroatoms. The molecule has 7 nitrogen and oxygen atoms in total. The number of nitrogens with one attached hydrogen (secondary N) is 1. The molecule has 0 heterocycles. The minimum atomic E-state index is -1.05. The highest BCUT2D eigenvalue weighted by atomic mass is 16.6. The minimum Gasteiger partial charge on any atom is -0.481 e. The second-order valence-corrected chi connectivity index (χ2v) is 4.66. The van der Waals surface area contributed by atoms with E-state index in [0.29, 0.717) is 0 Å².